The van der Waals surface area contributed by atoms with Crippen LogP contribution in [0.3, 0.4) is 0 Å². The van der Waals surface area contributed by atoms with E-state index >= 15 is 0 Å². The third-order valence-corrected chi connectivity index (χ3v) is 2.26. The van der Waals surface area contributed by atoms with E-state index in [0.717, 1.165) is 6.42 Å². The van der Waals surface area contributed by atoms with Crippen molar-refractivity contribution in [2.45, 2.75) is 44.9 Å². The van der Waals surface area contributed by atoms with Crippen LogP contribution < -0.4 is 0 Å². The van der Waals surface area contributed by atoms with E-state index in [2.05, 4.69) is 36.5 Å². The van der Waals surface area contributed by atoms with Gasteiger partial charge in [0.15, 0.2) is 0 Å². The van der Waals surface area contributed by atoms with Crippen LogP contribution in [0.4, 0.5) is 0 Å². The summed E-state index contributed by atoms with van der Waals surface area (Å²) in [5, 5.41) is 0. The summed E-state index contributed by atoms with van der Waals surface area (Å²) in [5.41, 5.74) is 0. The third kappa shape index (κ3) is 6.39. The minimum absolute atomic E-state index is 1.11. The maximum absolute atomic E-state index is 2.33. The second kappa shape index (κ2) is 7.85. The highest BCUT2D eigenvalue weighted by Crippen LogP contribution is 2.04. The molecule has 0 aliphatic heterocycles. The van der Waals surface area contributed by atoms with E-state index < -0.39 is 0 Å². The molecule has 0 N–H and O–H groups in total. The predicted molar refractivity (Wildman–Crippen MR) is 59.7 cm³/mol. The van der Waals surface area contributed by atoms with Crippen molar-refractivity contribution in [3.05, 3.63) is 36.5 Å². The molecule has 0 radical (unpaired) electrons. The van der Waals surface area contributed by atoms with Gasteiger partial charge in [-0.3, -0.25) is 0 Å². The lowest BCUT2D eigenvalue weighted by Gasteiger charge is -1.92. The molecule has 1 aliphatic carbocycles. The molecule has 0 amide bonds. The first-order valence-corrected chi connectivity index (χ1v) is 5.45. The highest BCUT2D eigenvalue weighted by molar-refractivity contribution is 4.94. The van der Waals surface area contributed by atoms with Gasteiger partial charge in [-0.15, -0.1) is 0 Å². The Morgan fingerprint density at radius 3 is 1.62 bits per heavy atom. The molecule has 0 aromatic carbocycles. The number of allylic oxidation sites excluding steroid dienone is 6. The van der Waals surface area contributed by atoms with Crippen LogP contribution in [-0.4, -0.2) is 0 Å². The van der Waals surface area contributed by atoms with Gasteiger partial charge in [-0.1, -0.05) is 36.5 Å². The standard InChI is InChI=1S/C13H20/c1-2-4-6-8-10-12-13-11-9-7-5-3-1/h1-2,5,7-8,10H,3-4,6,9,11-13H2/b2-1?,7-5+,10-8-. The maximum Gasteiger partial charge on any atom is -0.0169 e. The molecule has 0 nitrogen and oxygen atoms in total. The summed E-state index contributed by atoms with van der Waals surface area (Å²) < 4.78 is 0. The fourth-order valence-corrected chi connectivity index (χ4v) is 1.46. The second-order valence-electron chi connectivity index (χ2n) is 3.51. The molecule has 1 aliphatic rings. The lowest BCUT2D eigenvalue weighted by atomic mass is 10.1. The van der Waals surface area contributed by atoms with Gasteiger partial charge < -0.3 is 0 Å². The zero-order valence-electron chi connectivity index (χ0n) is 8.41. The van der Waals surface area contributed by atoms with Crippen molar-refractivity contribution in [2.24, 2.45) is 0 Å². The van der Waals surface area contributed by atoms with Crippen LogP contribution in [0.5, 0.6) is 0 Å². The molecule has 0 saturated heterocycles. The van der Waals surface area contributed by atoms with E-state index in [4.69, 9.17) is 0 Å². The van der Waals surface area contributed by atoms with Gasteiger partial charge in [0.1, 0.15) is 0 Å². The molecule has 0 bridgehead atoms. The number of rotatable bonds is 0. The highest BCUT2D eigenvalue weighted by Gasteiger charge is 1.84. The first-order chi connectivity index (χ1) is 6.50. The summed E-state index contributed by atoms with van der Waals surface area (Å²) in [4.78, 5) is 0. The Hall–Kier alpha value is -0.780. The molecule has 0 heterocycles. The van der Waals surface area contributed by atoms with E-state index in [-0.39, 0.29) is 0 Å². The SMILES string of the molecule is C1=CCC/C=C\CCCC/C=C/C1. The van der Waals surface area contributed by atoms with E-state index in [9.17, 15) is 0 Å². The van der Waals surface area contributed by atoms with Gasteiger partial charge in [-0.2, -0.15) is 0 Å². The van der Waals surface area contributed by atoms with Gasteiger partial charge >= 0.3 is 0 Å². The van der Waals surface area contributed by atoms with Crippen LogP contribution in [0, 0.1) is 0 Å². The molecular formula is C13H20. The topological polar surface area (TPSA) is 0 Å². The lowest BCUT2D eigenvalue weighted by Crippen LogP contribution is -1.72. The van der Waals surface area contributed by atoms with E-state index in [0.29, 0.717) is 0 Å². The lowest BCUT2D eigenvalue weighted by molar-refractivity contribution is 0.759. The first-order valence-electron chi connectivity index (χ1n) is 5.45. The summed E-state index contributed by atoms with van der Waals surface area (Å²) >= 11 is 0. The summed E-state index contributed by atoms with van der Waals surface area (Å²) in [6.45, 7) is 0. The van der Waals surface area contributed by atoms with Crippen LogP contribution in [0.1, 0.15) is 44.9 Å². The largest absolute Gasteiger partial charge is 0.0885 e. The average molecular weight is 176 g/mol. The summed E-state index contributed by atoms with van der Waals surface area (Å²) in [6.07, 6.45) is 22.5. The molecule has 0 atom stereocenters. The van der Waals surface area contributed by atoms with E-state index in [1.165, 1.54) is 38.5 Å². The molecule has 0 unspecified atom stereocenters. The van der Waals surface area contributed by atoms with Crippen molar-refractivity contribution < 1.29 is 0 Å². The normalized spacial score (nSPS) is 25.2. The van der Waals surface area contributed by atoms with Crippen molar-refractivity contribution in [3.8, 4) is 0 Å². The Labute approximate surface area is 82.0 Å². The Bertz CT molecular complexity index is 184. The quantitative estimate of drug-likeness (QED) is 0.480. The van der Waals surface area contributed by atoms with Crippen LogP contribution in [0.2, 0.25) is 0 Å². The molecular weight excluding hydrogens is 156 g/mol. The zero-order chi connectivity index (χ0) is 9.19. The zero-order valence-corrected chi connectivity index (χ0v) is 8.41. The van der Waals surface area contributed by atoms with E-state index in [1.54, 1.807) is 0 Å². The summed E-state index contributed by atoms with van der Waals surface area (Å²) in [6, 6.07) is 0. The summed E-state index contributed by atoms with van der Waals surface area (Å²) in [7, 11) is 0. The number of hydrogen-bond donors (Lipinski definition) is 0. The van der Waals surface area contributed by atoms with Gasteiger partial charge in [0.25, 0.3) is 0 Å². The molecule has 0 heteroatoms. The fraction of sp³-hybridized carbons (Fsp3) is 0.538. The molecule has 13 heavy (non-hydrogen) atoms. The predicted octanol–water partition coefficient (Wildman–Crippen LogP) is 4.40. The van der Waals surface area contributed by atoms with Crippen molar-refractivity contribution in [1.82, 2.24) is 0 Å². The van der Waals surface area contributed by atoms with Gasteiger partial charge in [0, 0.05) is 0 Å². The fourth-order valence-electron chi connectivity index (χ4n) is 1.46. The second-order valence-corrected chi connectivity index (χ2v) is 3.51. The van der Waals surface area contributed by atoms with Crippen molar-refractivity contribution in [2.75, 3.05) is 0 Å². The van der Waals surface area contributed by atoms with Crippen LogP contribution >= 0.6 is 0 Å². The van der Waals surface area contributed by atoms with Crippen molar-refractivity contribution in [1.29, 1.82) is 0 Å². The van der Waals surface area contributed by atoms with E-state index in [1.807, 2.05) is 0 Å². The van der Waals surface area contributed by atoms with Crippen molar-refractivity contribution >= 4 is 0 Å². The monoisotopic (exact) mass is 176 g/mol. The minimum Gasteiger partial charge on any atom is -0.0885 e. The maximum atomic E-state index is 2.33. The highest BCUT2D eigenvalue weighted by atomic mass is 13.9. The molecule has 0 fully saturated rings. The number of hydrogen-bond acceptors (Lipinski definition) is 0. The van der Waals surface area contributed by atoms with Gasteiger partial charge in [0.05, 0.1) is 0 Å². The Morgan fingerprint density at radius 2 is 0.923 bits per heavy atom. The average Bonchev–Trinajstić information content (AvgIpc) is 2.18. The Kier molecular flexibility index (Phi) is 6.22. The molecule has 1 rings (SSSR count). The molecule has 0 spiro atoms. The summed E-state index contributed by atoms with van der Waals surface area (Å²) in [5.74, 6) is 0. The van der Waals surface area contributed by atoms with Crippen LogP contribution in [0.25, 0.3) is 0 Å². The minimum atomic E-state index is 1.11. The molecule has 0 saturated carbocycles. The van der Waals surface area contributed by atoms with Gasteiger partial charge in [-0.05, 0) is 44.9 Å². The first kappa shape index (κ1) is 10.3. The van der Waals surface area contributed by atoms with Gasteiger partial charge in [0.2, 0.25) is 0 Å². The van der Waals surface area contributed by atoms with Crippen molar-refractivity contribution in [3.63, 3.8) is 0 Å². The van der Waals surface area contributed by atoms with Gasteiger partial charge in [-0.25, -0.2) is 0 Å². The molecule has 0 aromatic rings. The molecule has 0 aromatic heterocycles. The van der Waals surface area contributed by atoms with Crippen LogP contribution in [0.15, 0.2) is 36.5 Å². The molecule has 72 valence electrons. The smallest absolute Gasteiger partial charge is 0.0169 e. The Morgan fingerprint density at radius 1 is 0.462 bits per heavy atom. The Balaban J connectivity index is 2.28. The van der Waals surface area contributed by atoms with Crippen LogP contribution in [-0.2, 0) is 0 Å². The third-order valence-electron chi connectivity index (χ3n) is 2.26.